The van der Waals surface area contributed by atoms with Crippen molar-refractivity contribution in [3.05, 3.63) is 15.9 Å². The van der Waals surface area contributed by atoms with Crippen molar-refractivity contribution < 1.29 is 0 Å². The lowest BCUT2D eigenvalue weighted by Crippen LogP contribution is -2.37. The second-order valence-corrected chi connectivity index (χ2v) is 5.87. The quantitative estimate of drug-likeness (QED) is 0.415. The van der Waals surface area contributed by atoms with Gasteiger partial charge in [0.05, 0.1) is 15.9 Å². The highest BCUT2D eigenvalue weighted by atomic mass is 79.9. The molecular formula is C14H27BrN4. The fourth-order valence-corrected chi connectivity index (χ4v) is 2.81. The van der Waals surface area contributed by atoms with Gasteiger partial charge in [-0.1, -0.05) is 32.6 Å². The Morgan fingerprint density at radius 2 is 2.05 bits per heavy atom. The van der Waals surface area contributed by atoms with E-state index in [2.05, 4.69) is 45.0 Å². The summed E-state index contributed by atoms with van der Waals surface area (Å²) in [4.78, 5) is 0. The highest BCUT2D eigenvalue weighted by Gasteiger charge is 2.16. The molecule has 4 nitrogen and oxygen atoms in total. The van der Waals surface area contributed by atoms with Crippen molar-refractivity contribution in [3.8, 4) is 0 Å². The van der Waals surface area contributed by atoms with Gasteiger partial charge in [0.25, 0.3) is 0 Å². The first-order valence-electron chi connectivity index (χ1n) is 7.31. The summed E-state index contributed by atoms with van der Waals surface area (Å²) >= 11 is 3.64. The molecule has 0 aromatic carbocycles. The molecule has 0 aliphatic rings. The topological polar surface area (TPSA) is 55.9 Å². The zero-order valence-corrected chi connectivity index (χ0v) is 14.0. The van der Waals surface area contributed by atoms with Crippen LogP contribution in [0.15, 0.2) is 4.47 Å². The molecule has 0 amide bonds. The highest BCUT2D eigenvalue weighted by Crippen LogP contribution is 2.23. The molecule has 0 aliphatic heterocycles. The third-order valence-corrected chi connectivity index (χ3v) is 4.57. The minimum atomic E-state index is 0.328. The molecule has 19 heavy (non-hydrogen) atoms. The van der Waals surface area contributed by atoms with Gasteiger partial charge in [-0.25, -0.2) is 0 Å². The molecule has 0 saturated carbocycles. The monoisotopic (exact) mass is 330 g/mol. The van der Waals surface area contributed by atoms with Crippen LogP contribution in [0.5, 0.6) is 0 Å². The summed E-state index contributed by atoms with van der Waals surface area (Å²) in [6.45, 7) is 7.29. The van der Waals surface area contributed by atoms with Gasteiger partial charge in [0.2, 0.25) is 0 Å². The highest BCUT2D eigenvalue weighted by molar-refractivity contribution is 9.10. The molecule has 1 atom stereocenters. The summed E-state index contributed by atoms with van der Waals surface area (Å²) in [5, 5.41) is 4.53. The predicted octanol–water partition coefficient (Wildman–Crippen LogP) is 3.32. The van der Waals surface area contributed by atoms with Crippen LogP contribution in [0.3, 0.4) is 0 Å². The Morgan fingerprint density at radius 1 is 1.32 bits per heavy atom. The minimum Gasteiger partial charge on any atom is -0.271 e. The number of rotatable bonds is 9. The Labute approximate surface area is 125 Å². The van der Waals surface area contributed by atoms with Gasteiger partial charge < -0.3 is 0 Å². The van der Waals surface area contributed by atoms with Gasteiger partial charge in [-0.3, -0.25) is 16.0 Å². The molecule has 1 aromatic heterocycles. The summed E-state index contributed by atoms with van der Waals surface area (Å²) in [6, 6.07) is 0.328. The average Bonchev–Trinajstić information content (AvgIpc) is 2.69. The SMILES string of the molecule is CCCCCCC(Cc1c(Br)c(C)nn1CC)NN. The number of nitrogens with zero attached hydrogens (tertiary/aromatic N) is 2. The zero-order valence-electron chi connectivity index (χ0n) is 12.4. The van der Waals surface area contributed by atoms with Crippen LogP contribution in [-0.2, 0) is 13.0 Å². The first-order valence-corrected chi connectivity index (χ1v) is 8.11. The Bertz CT molecular complexity index is 376. The molecule has 0 spiro atoms. The van der Waals surface area contributed by atoms with Crippen LogP contribution in [0, 0.1) is 6.92 Å². The standard InChI is InChI=1S/C14H27BrN4/c1-4-6-7-8-9-12(17-16)10-13-14(15)11(3)18-19(13)5-2/h12,17H,4-10,16H2,1-3H3. The molecule has 1 rings (SSSR count). The Hall–Kier alpha value is -0.390. The number of aromatic nitrogens is 2. The van der Waals surface area contributed by atoms with E-state index >= 15 is 0 Å². The van der Waals surface area contributed by atoms with E-state index < -0.39 is 0 Å². The van der Waals surface area contributed by atoms with Gasteiger partial charge in [-0.05, 0) is 36.2 Å². The van der Waals surface area contributed by atoms with Crippen molar-refractivity contribution in [1.29, 1.82) is 0 Å². The van der Waals surface area contributed by atoms with Crippen molar-refractivity contribution >= 4 is 15.9 Å². The summed E-state index contributed by atoms with van der Waals surface area (Å²) in [5.41, 5.74) is 5.26. The average molecular weight is 331 g/mol. The number of aryl methyl sites for hydroxylation is 2. The lowest BCUT2D eigenvalue weighted by molar-refractivity contribution is 0.448. The summed E-state index contributed by atoms with van der Waals surface area (Å²) in [7, 11) is 0. The molecule has 0 fully saturated rings. The third kappa shape index (κ3) is 4.89. The van der Waals surface area contributed by atoms with E-state index in [9.17, 15) is 0 Å². The second kappa shape index (κ2) is 8.72. The maximum Gasteiger partial charge on any atom is 0.0738 e. The largest absolute Gasteiger partial charge is 0.271 e. The summed E-state index contributed by atoms with van der Waals surface area (Å²) in [5.74, 6) is 5.69. The van der Waals surface area contributed by atoms with Crippen molar-refractivity contribution in [2.45, 2.75) is 71.9 Å². The number of hydrogen-bond donors (Lipinski definition) is 2. The molecule has 5 heteroatoms. The van der Waals surface area contributed by atoms with E-state index in [1.807, 2.05) is 6.92 Å². The summed E-state index contributed by atoms with van der Waals surface area (Å²) in [6.07, 6.45) is 7.16. The van der Waals surface area contributed by atoms with Gasteiger partial charge >= 0.3 is 0 Å². The van der Waals surface area contributed by atoms with E-state index in [1.165, 1.54) is 31.4 Å². The number of hydrazine groups is 1. The van der Waals surface area contributed by atoms with E-state index in [1.54, 1.807) is 0 Å². The van der Waals surface area contributed by atoms with Gasteiger partial charge in [-0.2, -0.15) is 5.10 Å². The van der Waals surface area contributed by atoms with Crippen LogP contribution in [0.2, 0.25) is 0 Å². The fraction of sp³-hybridized carbons (Fsp3) is 0.786. The molecule has 0 radical (unpaired) electrons. The van der Waals surface area contributed by atoms with E-state index in [0.717, 1.165) is 29.6 Å². The van der Waals surface area contributed by atoms with Crippen LogP contribution in [0.25, 0.3) is 0 Å². The Balaban J connectivity index is 2.59. The molecule has 1 aromatic rings. The Kier molecular flexibility index (Phi) is 7.64. The predicted molar refractivity (Wildman–Crippen MR) is 83.9 cm³/mol. The molecule has 3 N–H and O–H groups in total. The number of halogens is 1. The first-order chi connectivity index (χ1) is 9.13. The number of nitrogens with one attached hydrogen (secondary N) is 1. The van der Waals surface area contributed by atoms with Crippen molar-refractivity contribution in [2.24, 2.45) is 5.84 Å². The van der Waals surface area contributed by atoms with Crippen LogP contribution in [-0.4, -0.2) is 15.8 Å². The second-order valence-electron chi connectivity index (χ2n) is 5.08. The van der Waals surface area contributed by atoms with Gasteiger partial charge in [0.1, 0.15) is 0 Å². The molecule has 0 bridgehead atoms. The van der Waals surface area contributed by atoms with E-state index in [-0.39, 0.29) is 0 Å². The van der Waals surface area contributed by atoms with Gasteiger partial charge in [0, 0.05) is 19.0 Å². The normalized spacial score (nSPS) is 12.9. The Morgan fingerprint density at radius 3 is 2.63 bits per heavy atom. The van der Waals surface area contributed by atoms with Crippen LogP contribution >= 0.6 is 15.9 Å². The third-order valence-electron chi connectivity index (χ3n) is 3.53. The number of hydrogen-bond acceptors (Lipinski definition) is 3. The molecule has 1 heterocycles. The van der Waals surface area contributed by atoms with Crippen LogP contribution in [0.1, 0.15) is 57.3 Å². The lowest BCUT2D eigenvalue weighted by Gasteiger charge is -2.16. The van der Waals surface area contributed by atoms with Crippen LogP contribution < -0.4 is 11.3 Å². The van der Waals surface area contributed by atoms with E-state index in [0.29, 0.717) is 6.04 Å². The van der Waals surface area contributed by atoms with Crippen molar-refractivity contribution in [3.63, 3.8) is 0 Å². The van der Waals surface area contributed by atoms with Crippen molar-refractivity contribution in [1.82, 2.24) is 15.2 Å². The lowest BCUT2D eigenvalue weighted by atomic mass is 10.0. The van der Waals surface area contributed by atoms with Crippen molar-refractivity contribution in [2.75, 3.05) is 0 Å². The smallest absolute Gasteiger partial charge is 0.0738 e. The number of nitrogens with two attached hydrogens (primary N) is 1. The molecule has 110 valence electrons. The minimum absolute atomic E-state index is 0.328. The fourth-order valence-electron chi connectivity index (χ4n) is 2.36. The van der Waals surface area contributed by atoms with Gasteiger partial charge in [0.15, 0.2) is 0 Å². The van der Waals surface area contributed by atoms with E-state index in [4.69, 9.17) is 5.84 Å². The number of unbranched alkanes of at least 4 members (excludes halogenated alkanes) is 3. The van der Waals surface area contributed by atoms with Crippen LogP contribution in [0.4, 0.5) is 0 Å². The maximum atomic E-state index is 5.69. The molecule has 0 saturated heterocycles. The zero-order chi connectivity index (χ0) is 14.3. The summed E-state index contributed by atoms with van der Waals surface area (Å²) < 4.78 is 3.19. The van der Waals surface area contributed by atoms with Gasteiger partial charge in [-0.15, -0.1) is 0 Å². The maximum absolute atomic E-state index is 5.69. The molecular weight excluding hydrogens is 304 g/mol. The molecule has 0 aliphatic carbocycles. The molecule has 1 unspecified atom stereocenters. The first kappa shape index (κ1) is 16.7.